The van der Waals surface area contributed by atoms with Gasteiger partial charge in [-0.15, -0.1) is 0 Å². The Morgan fingerprint density at radius 2 is 1.29 bits per heavy atom. The number of para-hydroxylation sites is 1. The van der Waals surface area contributed by atoms with E-state index in [2.05, 4.69) is 10.3 Å². The third-order valence-electron chi connectivity index (χ3n) is 3.24. The van der Waals surface area contributed by atoms with Crippen LogP contribution in [0.2, 0.25) is 10.0 Å². The highest BCUT2D eigenvalue weighted by Gasteiger charge is 2.12. The molecule has 0 bridgehead atoms. The lowest BCUT2D eigenvalue weighted by Crippen LogP contribution is -3.00. The van der Waals surface area contributed by atoms with Crippen molar-refractivity contribution in [2.24, 2.45) is 0 Å². The van der Waals surface area contributed by atoms with E-state index in [-0.39, 0.29) is 12.4 Å². The van der Waals surface area contributed by atoms with Gasteiger partial charge in [-0.2, -0.15) is 0 Å². The Hall–Kier alpha value is -2.00. The quantitative estimate of drug-likeness (QED) is 0.522. The molecule has 3 rings (SSSR count). The van der Waals surface area contributed by atoms with Gasteiger partial charge in [0.25, 0.3) is 5.84 Å². The van der Waals surface area contributed by atoms with E-state index in [1.807, 2.05) is 72.8 Å². The zero-order chi connectivity index (χ0) is 16.1. The Balaban J connectivity index is 0.00000208. The van der Waals surface area contributed by atoms with Crippen molar-refractivity contribution in [1.29, 1.82) is 0 Å². The fourth-order valence-corrected chi connectivity index (χ4v) is 2.74. The van der Waals surface area contributed by atoms with Crippen LogP contribution in [0.5, 0.6) is 0 Å². The van der Waals surface area contributed by atoms with Gasteiger partial charge in [0.1, 0.15) is 11.4 Å². The summed E-state index contributed by atoms with van der Waals surface area (Å²) < 4.78 is 0. The lowest BCUT2D eigenvalue weighted by atomic mass is 10.2. The van der Waals surface area contributed by atoms with Gasteiger partial charge in [-0.3, -0.25) is 0 Å². The van der Waals surface area contributed by atoms with E-state index in [1.165, 1.54) is 0 Å². The number of benzene rings is 3. The first kappa shape index (κ1) is 18.3. The average Bonchev–Trinajstić information content (AvgIpc) is 2.55. The molecule has 0 aliphatic heterocycles. The fourth-order valence-electron chi connectivity index (χ4n) is 2.22. The minimum Gasteiger partial charge on any atom is -1.00 e. The Kier molecular flexibility index (Phi) is 6.68. The van der Waals surface area contributed by atoms with E-state index < -0.39 is 0 Å². The van der Waals surface area contributed by atoms with Gasteiger partial charge in [-0.25, -0.2) is 10.3 Å². The van der Waals surface area contributed by atoms with E-state index in [9.17, 15) is 0 Å². The van der Waals surface area contributed by atoms with Crippen LogP contribution in [-0.2, 0) is 0 Å². The van der Waals surface area contributed by atoms with Crippen LogP contribution >= 0.6 is 23.2 Å². The number of halogens is 3. The smallest absolute Gasteiger partial charge is 0.285 e. The van der Waals surface area contributed by atoms with Gasteiger partial charge in [0.15, 0.2) is 0 Å². The molecule has 5 heteroatoms. The molecule has 122 valence electrons. The van der Waals surface area contributed by atoms with Crippen LogP contribution < -0.4 is 22.7 Å². The molecule has 0 saturated heterocycles. The molecule has 3 aromatic rings. The van der Waals surface area contributed by atoms with E-state index in [1.54, 1.807) is 6.07 Å². The van der Waals surface area contributed by atoms with Gasteiger partial charge < -0.3 is 12.4 Å². The summed E-state index contributed by atoms with van der Waals surface area (Å²) in [5.74, 6) is 0.857. The van der Waals surface area contributed by atoms with Crippen LogP contribution in [0.1, 0.15) is 5.56 Å². The molecule has 0 unspecified atom stereocenters. The average molecular weight is 378 g/mol. The molecule has 2 N–H and O–H groups in total. The highest BCUT2D eigenvalue weighted by Crippen LogP contribution is 2.22. The molecule has 0 fully saturated rings. The molecule has 2 nitrogen and oxygen atoms in total. The predicted octanol–water partition coefficient (Wildman–Crippen LogP) is 1.27. The summed E-state index contributed by atoms with van der Waals surface area (Å²) in [6, 6.07) is 25.4. The van der Waals surface area contributed by atoms with Crippen molar-refractivity contribution in [2.75, 3.05) is 5.32 Å². The monoisotopic (exact) mass is 376 g/mol. The first-order chi connectivity index (χ1) is 11.2. The summed E-state index contributed by atoms with van der Waals surface area (Å²) in [5.41, 5.74) is 2.85. The molecule has 0 amide bonds. The van der Waals surface area contributed by atoms with Crippen molar-refractivity contribution in [3.05, 3.63) is 94.5 Å². The Bertz CT molecular complexity index is 798. The highest BCUT2D eigenvalue weighted by molar-refractivity contribution is 6.35. The number of anilines is 1. The zero-order valence-electron chi connectivity index (χ0n) is 12.6. The number of nitrogens with one attached hydrogen (secondary N) is 2. The minimum atomic E-state index is 0. The van der Waals surface area contributed by atoms with Crippen LogP contribution in [-0.4, -0.2) is 5.84 Å². The molecular formula is C19H15Cl3N2. The largest absolute Gasteiger partial charge is 1.00 e. The van der Waals surface area contributed by atoms with Crippen LogP contribution in [0.4, 0.5) is 11.4 Å². The summed E-state index contributed by atoms with van der Waals surface area (Å²) >= 11 is 12.2. The van der Waals surface area contributed by atoms with Crippen LogP contribution in [0.15, 0.2) is 78.9 Å². The van der Waals surface area contributed by atoms with Crippen molar-refractivity contribution >= 4 is 40.4 Å². The maximum Gasteiger partial charge on any atom is 0.285 e. The molecule has 0 aromatic heterocycles. The van der Waals surface area contributed by atoms with E-state index in [0.717, 1.165) is 22.8 Å². The van der Waals surface area contributed by atoms with Gasteiger partial charge >= 0.3 is 0 Å². The molecule has 3 aromatic carbocycles. The molecule has 0 aliphatic carbocycles. The highest BCUT2D eigenvalue weighted by atomic mass is 35.5. The minimum absolute atomic E-state index is 0. The van der Waals surface area contributed by atoms with E-state index >= 15 is 0 Å². The number of amidine groups is 1. The summed E-state index contributed by atoms with van der Waals surface area (Å²) in [6.45, 7) is 0. The van der Waals surface area contributed by atoms with Crippen LogP contribution in [0, 0.1) is 0 Å². The first-order valence-electron chi connectivity index (χ1n) is 7.18. The maximum atomic E-state index is 6.09. The topological polar surface area (TPSA) is 26.0 Å². The normalized spacial score (nSPS) is 10.8. The van der Waals surface area contributed by atoms with Crippen molar-refractivity contribution in [3.63, 3.8) is 0 Å². The molecule has 0 atom stereocenters. The van der Waals surface area contributed by atoms with Crippen molar-refractivity contribution in [2.45, 2.75) is 0 Å². The first-order valence-corrected chi connectivity index (χ1v) is 7.94. The van der Waals surface area contributed by atoms with Gasteiger partial charge in [-0.05, 0) is 30.3 Å². The summed E-state index contributed by atoms with van der Waals surface area (Å²) in [4.78, 5) is 3.40. The molecule has 24 heavy (non-hydrogen) atoms. The second-order valence-electron chi connectivity index (χ2n) is 5.02. The second kappa shape index (κ2) is 8.74. The zero-order valence-corrected chi connectivity index (χ0v) is 14.9. The van der Waals surface area contributed by atoms with E-state index in [4.69, 9.17) is 23.2 Å². The Morgan fingerprint density at radius 1 is 0.750 bits per heavy atom. The molecular weight excluding hydrogens is 363 g/mol. The number of hydrogen-bond acceptors (Lipinski definition) is 0. The summed E-state index contributed by atoms with van der Waals surface area (Å²) in [7, 11) is 0. The maximum absolute atomic E-state index is 6.09. The fraction of sp³-hybridized carbons (Fsp3) is 0. The Morgan fingerprint density at radius 3 is 1.88 bits per heavy atom. The Labute approximate surface area is 157 Å². The summed E-state index contributed by atoms with van der Waals surface area (Å²) in [5, 5.41) is 4.54. The van der Waals surface area contributed by atoms with Crippen molar-refractivity contribution in [1.82, 2.24) is 0 Å². The van der Waals surface area contributed by atoms with Gasteiger partial charge in [0, 0.05) is 22.2 Å². The predicted molar refractivity (Wildman–Crippen MR) is 97.7 cm³/mol. The number of rotatable bonds is 3. The van der Waals surface area contributed by atoms with Gasteiger partial charge in [0.05, 0.1) is 5.56 Å². The SMILES string of the molecule is Clc1cc(Cl)cc(NC(=[NH+]c2ccccc2)c2ccccc2)c1.[Cl-]. The number of hydrogen-bond donors (Lipinski definition) is 2. The van der Waals surface area contributed by atoms with Crippen molar-refractivity contribution < 1.29 is 17.4 Å². The lowest BCUT2D eigenvalue weighted by Gasteiger charge is -2.05. The third kappa shape index (κ3) is 5.00. The standard InChI is InChI=1S/C19H14Cl2N2.ClH/c20-15-11-16(21)13-18(12-15)23-19(14-7-3-1-4-8-14)22-17-9-5-2-6-10-17;/h1-13H,(H,22,23);1H. The van der Waals surface area contributed by atoms with Gasteiger partial charge in [-0.1, -0.05) is 59.6 Å². The lowest BCUT2D eigenvalue weighted by molar-refractivity contribution is -0.352. The molecule has 0 radical (unpaired) electrons. The molecule has 0 heterocycles. The molecule has 0 saturated carbocycles. The van der Waals surface area contributed by atoms with Gasteiger partial charge in [0.2, 0.25) is 0 Å². The van der Waals surface area contributed by atoms with Crippen LogP contribution in [0.3, 0.4) is 0 Å². The van der Waals surface area contributed by atoms with Crippen molar-refractivity contribution in [3.8, 4) is 0 Å². The van der Waals surface area contributed by atoms with Crippen LogP contribution in [0.25, 0.3) is 0 Å². The molecule has 0 spiro atoms. The third-order valence-corrected chi connectivity index (χ3v) is 3.67. The van der Waals surface area contributed by atoms with E-state index in [0.29, 0.717) is 10.0 Å². The molecule has 0 aliphatic rings. The summed E-state index contributed by atoms with van der Waals surface area (Å²) in [6.07, 6.45) is 0. The second-order valence-corrected chi connectivity index (χ2v) is 5.89.